The zero-order chi connectivity index (χ0) is 14.7. The summed E-state index contributed by atoms with van der Waals surface area (Å²) < 4.78 is 0. The van der Waals surface area contributed by atoms with Crippen molar-refractivity contribution < 1.29 is 15.0 Å². The molecule has 0 heterocycles. The van der Waals surface area contributed by atoms with Gasteiger partial charge in [0, 0.05) is 6.42 Å². The number of rotatable bonds is 4. The Morgan fingerprint density at radius 3 is 2.50 bits per heavy atom. The van der Waals surface area contributed by atoms with E-state index in [1.807, 2.05) is 12.1 Å². The van der Waals surface area contributed by atoms with Crippen molar-refractivity contribution in [1.29, 1.82) is 0 Å². The highest BCUT2D eigenvalue weighted by Gasteiger charge is 2.13. The second kappa shape index (κ2) is 5.78. The lowest BCUT2D eigenvalue weighted by Crippen LogP contribution is -2.00. The maximum absolute atomic E-state index is 11.0. The summed E-state index contributed by atoms with van der Waals surface area (Å²) in [5.41, 5.74) is 2.87. The molecule has 2 aromatic carbocycles. The third-order valence-corrected chi connectivity index (χ3v) is 3.36. The van der Waals surface area contributed by atoms with Crippen LogP contribution in [0.1, 0.15) is 46.8 Å². The minimum atomic E-state index is -1.11. The first-order chi connectivity index (χ1) is 9.49. The molecule has 0 unspecified atom stereocenters. The fourth-order valence-electron chi connectivity index (χ4n) is 2.19. The second-order valence-corrected chi connectivity index (χ2v) is 5.19. The minimum Gasteiger partial charge on any atom is -0.507 e. The first-order valence-corrected chi connectivity index (χ1v) is 6.62. The highest BCUT2D eigenvalue weighted by molar-refractivity contribution is 5.91. The molecular weight excluding hydrogens is 252 g/mol. The van der Waals surface area contributed by atoms with Gasteiger partial charge in [-0.25, -0.2) is 4.79 Å². The van der Waals surface area contributed by atoms with Crippen molar-refractivity contribution in [2.75, 3.05) is 0 Å². The first kappa shape index (κ1) is 14.1. The first-order valence-electron chi connectivity index (χ1n) is 6.62. The molecule has 0 amide bonds. The van der Waals surface area contributed by atoms with E-state index in [9.17, 15) is 9.90 Å². The minimum absolute atomic E-state index is 0.0532. The van der Waals surface area contributed by atoms with Crippen molar-refractivity contribution in [2.24, 2.45) is 0 Å². The summed E-state index contributed by atoms with van der Waals surface area (Å²) in [5, 5.41) is 19.0. The van der Waals surface area contributed by atoms with Gasteiger partial charge in [-0.2, -0.15) is 0 Å². The molecule has 20 heavy (non-hydrogen) atoms. The standard InChI is InChI=1S/C17H18O3/c1-11(2)13-6-3-5-12(9-13)10-14-7-4-8-15(16(14)18)17(19)20/h3-9,11,18H,10H2,1-2H3,(H,19,20). The maximum atomic E-state index is 11.0. The number of carboxylic acid groups (broad SMARTS) is 1. The predicted molar refractivity (Wildman–Crippen MR) is 78.4 cm³/mol. The van der Waals surface area contributed by atoms with Crippen LogP contribution in [-0.4, -0.2) is 16.2 Å². The average molecular weight is 270 g/mol. The Morgan fingerprint density at radius 2 is 1.85 bits per heavy atom. The van der Waals surface area contributed by atoms with Crippen molar-refractivity contribution in [3.8, 4) is 5.75 Å². The van der Waals surface area contributed by atoms with E-state index in [-0.39, 0.29) is 11.3 Å². The molecular formula is C17H18O3. The number of carbonyl (C=O) groups is 1. The summed E-state index contributed by atoms with van der Waals surface area (Å²) in [4.78, 5) is 11.0. The molecule has 2 aromatic rings. The SMILES string of the molecule is CC(C)c1cccc(Cc2cccc(C(=O)O)c2O)c1. The van der Waals surface area contributed by atoms with Crippen molar-refractivity contribution in [2.45, 2.75) is 26.2 Å². The summed E-state index contributed by atoms with van der Waals surface area (Å²) >= 11 is 0. The van der Waals surface area contributed by atoms with Gasteiger partial charge in [-0.05, 0) is 28.7 Å². The van der Waals surface area contributed by atoms with E-state index in [1.165, 1.54) is 11.6 Å². The van der Waals surface area contributed by atoms with E-state index < -0.39 is 5.97 Å². The van der Waals surface area contributed by atoms with E-state index in [0.717, 1.165) is 5.56 Å². The lowest BCUT2D eigenvalue weighted by molar-refractivity contribution is 0.0693. The van der Waals surface area contributed by atoms with E-state index in [4.69, 9.17) is 5.11 Å². The molecule has 0 saturated heterocycles. The zero-order valence-electron chi connectivity index (χ0n) is 11.6. The Morgan fingerprint density at radius 1 is 1.15 bits per heavy atom. The van der Waals surface area contributed by atoms with Crippen molar-refractivity contribution in [1.82, 2.24) is 0 Å². The fourth-order valence-corrected chi connectivity index (χ4v) is 2.19. The van der Waals surface area contributed by atoms with E-state index in [2.05, 4.69) is 26.0 Å². The van der Waals surface area contributed by atoms with Gasteiger partial charge in [0.25, 0.3) is 0 Å². The van der Waals surface area contributed by atoms with Crippen LogP contribution in [0.3, 0.4) is 0 Å². The molecule has 0 bridgehead atoms. The Hall–Kier alpha value is -2.29. The summed E-state index contributed by atoms with van der Waals surface area (Å²) in [7, 11) is 0. The molecule has 3 nitrogen and oxygen atoms in total. The second-order valence-electron chi connectivity index (χ2n) is 5.19. The highest BCUT2D eigenvalue weighted by atomic mass is 16.4. The Kier molecular flexibility index (Phi) is 4.08. The van der Waals surface area contributed by atoms with Crippen LogP contribution in [-0.2, 0) is 6.42 Å². The monoisotopic (exact) mass is 270 g/mol. The molecule has 2 N–H and O–H groups in total. The van der Waals surface area contributed by atoms with Crippen molar-refractivity contribution in [3.63, 3.8) is 0 Å². The van der Waals surface area contributed by atoms with Gasteiger partial charge in [0.2, 0.25) is 0 Å². The topological polar surface area (TPSA) is 57.5 Å². The van der Waals surface area contributed by atoms with Crippen LogP contribution in [0.2, 0.25) is 0 Å². The molecule has 2 rings (SSSR count). The lowest BCUT2D eigenvalue weighted by atomic mass is 9.96. The van der Waals surface area contributed by atoms with Gasteiger partial charge in [0.15, 0.2) is 0 Å². The quantitative estimate of drug-likeness (QED) is 0.888. The van der Waals surface area contributed by atoms with Crippen LogP contribution in [0.15, 0.2) is 42.5 Å². The van der Waals surface area contributed by atoms with Gasteiger partial charge in [0.1, 0.15) is 11.3 Å². The molecule has 104 valence electrons. The van der Waals surface area contributed by atoms with Gasteiger partial charge in [-0.3, -0.25) is 0 Å². The largest absolute Gasteiger partial charge is 0.507 e. The normalized spacial score (nSPS) is 10.8. The third-order valence-electron chi connectivity index (χ3n) is 3.36. The maximum Gasteiger partial charge on any atom is 0.339 e. The molecule has 0 spiro atoms. The number of hydrogen-bond donors (Lipinski definition) is 2. The predicted octanol–water partition coefficient (Wildman–Crippen LogP) is 3.80. The summed E-state index contributed by atoms with van der Waals surface area (Å²) in [5.74, 6) is -0.816. The van der Waals surface area contributed by atoms with Crippen LogP contribution in [0.25, 0.3) is 0 Å². The van der Waals surface area contributed by atoms with Crippen LogP contribution < -0.4 is 0 Å². The smallest absolute Gasteiger partial charge is 0.339 e. The van der Waals surface area contributed by atoms with Gasteiger partial charge in [0.05, 0.1) is 0 Å². The zero-order valence-corrected chi connectivity index (χ0v) is 11.6. The highest BCUT2D eigenvalue weighted by Crippen LogP contribution is 2.26. The van der Waals surface area contributed by atoms with Gasteiger partial charge in [-0.15, -0.1) is 0 Å². The van der Waals surface area contributed by atoms with E-state index in [1.54, 1.807) is 12.1 Å². The molecule has 0 aromatic heterocycles. The van der Waals surface area contributed by atoms with Gasteiger partial charge < -0.3 is 10.2 Å². The summed E-state index contributed by atoms with van der Waals surface area (Å²) in [6.45, 7) is 4.25. The lowest BCUT2D eigenvalue weighted by Gasteiger charge is -2.10. The molecule has 0 radical (unpaired) electrons. The number of para-hydroxylation sites is 1. The number of benzene rings is 2. The number of aromatic hydroxyl groups is 1. The average Bonchev–Trinajstić information content (AvgIpc) is 2.41. The van der Waals surface area contributed by atoms with Crippen LogP contribution in [0.4, 0.5) is 0 Å². The van der Waals surface area contributed by atoms with Gasteiger partial charge in [-0.1, -0.05) is 50.2 Å². The molecule has 3 heteroatoms. The van der Waals surface area contributed by atoms with E-state index in [0.29, 0.717) is 17.9 Å². The summed E-state index contributed by atoms with van der Waals surface area (Å²) in [6.07, 6.45) is 0.521. The van der Waals surface area contributed by atoms with Crippen molar-refractivity contribution in [3.05, 3.63) is 64.7 Å². The number of hydrogen-bond acceptors (Lipinski definition) is 2. The number of aromatic carboxylic acids is 1. The van der Waals surface area contributed by atoms with E-state index >= 15 is 0 Å². The molecule has 0 aliphatic carbocycles. The Balaban J connectivity index is 2.33. The Bertz CT molecular complexity index is 630. The number of phenols is 1. The molecule has 0 aliphatic heterocycles. The summed E-state index contributed by atoms with van der Waals surface area (Å²) in [6, 6.07) is 13.0. The van der Waals surface area contributed by atoms with Crippen molar-refractivity contribution >= 4 is 5.97 Å². The molecule has 0 fully saturated rings. The van der Waals surface area contributed by atoms with Gasteiger partial charge >= 0.3 is 5.97 Å². The molecule has 0 aliphatic rings. The Labute approximate surface area is 118 Å². The number of carboxylic acids is 1. The third kappa shape index (κ3) is 2.99. The van der Waals surface area contributed by atoms with Crippen LogP contribution in [0.5, 0.6) is 5.75 Å². The fraction of sp³-hybridized carbons (Fsp3) is 0.235. The van der Waals surface area contributed by atoms with Crippen LogP contribution in [0, 0.1) is 0 Å². The molecule has 0 atom stereocenters. The molecule has 0 saturated carbocycles. The van der Waals surface area contributed by atoms with Crippen LogP contribution >= 0.6 is 0 Å².